The molecule has 0 aliphatic carbocycles. The minimum Gasteiger partial charge on any atom is -0.494 e. The van der Waals surface area contributed by atoms with Gasteiger partial charge < -0.3 is 9.64 Å². The highest BCUT2D eigenvalue weighted by atomic mass is 32.2. The number of likely N-dealkylation sites (tertiary alicyclic amines) is 1. The fourth-order valence-electron chi connectivity index (χ4n) is 5.60. The first-order valence-electron chi connectivity index (χ1n) is 12.8. The molecule has 2 heterocycles. The summed E-state index contributed by atoms with van der Waals surface area (Å²) in [7, 11) is -3.60. The standard InChI is InChI=1S/C28H38N2O4S/c1-6-34-25-11-9-23(10-12-25)26-8-7-15-30(26)28(31)24-13-16-29(17-14-24)35(32,33)27-21(4)19(2)18-20(3)22(27)5/h9-12,18,24,26H,6-8,13-17H2,1-5H3. The van der Waals surface area contributed by atoms with Crippen molar-refractivity contribution in [1.29, 1.82) is 0 Å². The van der Waals surface area contributed by atoms with E-state index in [0.717, 1.165) is 53.0 Å². The van der Waals surface area contributed by atoms with Crippen LogP contribution in [0.4, 0.5) is 0 Å². The number of aryl methyl sites for hydroxylation is 2. The predicted molar refractivity (Wildman–Crippen MR) is 138 cm³/mol. The molecule has 1 amide bonds. The molecule has 4 rings (SSSR count). The summed E-state index contributed by atoms with van der Waals surface area (Å²) in [6.07, 6.45) is 3.07. The molecule has 2 aliphatic heterocycles. The highest BCUT2D eigenvalue weighted by molar-refractivity contribution is 7.89. The van der Waals surface area contributed by atoms with Gasteiger partial charge in [0.1, 0.15) is 5.75 Å². The van der Waals surface area contributed by atoms with Crippen LogP contribution >= 0.6 is 0 Å². The second kappa shape index (κ2) is 10.3. The summed E-state index contributed by atoms with van der Waals surface area (Å²) in [6, 6.07) is 10.2. The number of piperidine rings is 1. The second-order valence-electron chi connectivity index (χ2n) is 9.96. The van der Waals surface area contributed by atoms with Gasteiger partial charge in [-0.2, -0.15) is 4.31 Å². The van der Waals surface area contributed by atoms with E-state index in [1.807, 2.05) is 57.7 Å². The summed E-state index contributed by atoms with van der Waals surface area (Å²) >= 11 is 0. The molecule has 6 nitrogen and oxygen atoms in total. The van der Waals surface area contributed by atoms with E-state index >= 15 is 0 Å². The van der Waals surface area contributed by atoms with Crippen molar-refractivity contribution in [2.75, 3.05) is 26.2 Å². The van der Waals surface area contributed by atoms with Crippen molar-refractivity contribution in [3.05, 3.63) is 58.1 Å². The van der Waals surface area contributed by atoms with Crippen molar-refractivity contribution in [2.45, 2.75) is 71.2 Å². The van der Waals surface area contributed by atoms with Crippen LogP contribution in [0.15, 0.2) is 35.2 Å². The van der Waals surface area contributed by atoms with Crippen LogP contribution in [0.1, 0.15) is 66.5 Å². The van der Waals surface area contributed by atoms with E-state index in [4.69, 9.17) is 4.74 Å². The maximum absolute atomic E-state index is 13.6. The number of hydrogen-bond acceptors (Lipinski definition) is 4. The molecule has 2 aromatic rings. The number of amides is 1. The SMILES string of the molecule is CCOc1ccc(C2CCCN2C(=O)C2CCN(S(=O)(=O)c3c(C)c(C)cc(C)c3C)CC2)cc1. The monoisotopic (exact) mass is 498 g/mol. The zero-order valence-electron chi connectivity index (χ0n) is 21.6. The fourth-order valence-corrected chi connectivity index (χ4v) is 7.65. The number of carbonyl (C=O) groups is 1. The lowest BCUT2D eigenvalue weighted by Gasteiger charge is -2.35. The lowest BCUT2D eigenvalue weighted by molar-refractivity contribution is -0.137. The van der Waals surface area contributed by atoms with Gasteiger partial charge in [-0.1, -0.05) is 18.2 Å². The van der Waals surface area contributed by atoms with Crippen molar-refractivity contribution in [3.63, 3.8) is 0 Å². The first kappa shape index (κ1) is 25.7. The normalized spacial score (nSPS) is 19.8. The van der Waals surface area contributed by atoms with Crippen molar-refractivity contribution in [1.82, 2.24) is 9.21 Å². The minimum absolute atomic E-state index is 0.0838. The number of rotatable bonds is 6. The van der Waals surface area contributed by atoms with E-state index in [0.29, 0.717) is 37.4 Å². The molecule has 0 saturated carbocycles. The van der Waals surface area contributed by atoms with E-state index in [2.05, 4.69) is 12.1 Å². The average Bonchev–Trinajstić information content (AvgIpc) is 3.33. The van der Waals surface area contributed by atoms with Crippen LogP contribution in [0.25, 0.3) is 0 Å². The fraction of sp³-hybridized carbons (Fsp3) is 0.536. The van der Waals surface area contributed by atoms with Gasteiger partial charge in [0.05, 0.1) is 17.5 Å². The quantitative estimate of drug-likeness (QED) is 0.557. The van der Waals surface area contributed by atoms with Crippen LogP contribution in [-0.2, 0) is 14.8 Å². The molecule has 0 spiro atoms. The number of carbonyl (C=O) groups excluding carboxylic acids is 1. The Morgan fingerprint density at radius 1 is 0.943 bits per heavy atom. The third kappa shape index (κ3) is 4.98. The number of hydrogen-bond donors (Lipinski definition) is 0. The molecule has 2 aromatic carbocycles. The van der Waals surface area contributed by atoms with Crippen LogP contribution in [-0.4, -0.2) is 49.8 Å². The summed E-state index contributed by atoms with van der Waals surface area (Å²) in [5, 5.41) is 0. The van der Waals surface area contributed by atoms with Crippen molar-refractivity contribution in [3.8, 4) is 5.75 Å². The molecule has 0 aromatic heterocycles. The molecule has 0 bridgehead atoms. The smallest absolute Gasteiger partial charge is 0.243 e. The van der Waals surface area contributed by atoms with Gasteiger partial charge in [0.15, 0.2) is 0 Å². The Bertz CT molecular complexity index is 1160. The van der Waals surface area contributed by atoms with Crippen molar-refractivity contribution >= 4 is 15.9 Å². The van der Waals surface area contributed by atoms with Crippen LogP contribution in [0.2, 0.25) is 0 Å². The number of sulfonamides is 1. The van der Waals surface area contributed by atoms with E-state index in [1.54, 1.807) is 4.31 Å². The van der Waals surface area contributed by atoms with Gasteiger partial charge in [0.2, 0.25) is 15.9 Å². The highest BCUT2D eigenvalue weighted by Crippen LogP contribution is 2.36. The number of nitrogens with zero attached hydrogens (tertiary/aromatic N) is 2. The van der Waals surface area contributed by atoms with Crippen LogP contribution in [0, 0.1) is 33.6 Å². The Morgan fingerprint density at radius 3 is 2.11 bits per heavy atom. The molecule has 0 radical (unpaired) electrons. The molecule has 0 N–H and O–H groups in total. The van der Waals surface area contributed by atoms with Crippen LogP contribution < -0.4 is 4.74 Å². The Morgan fingerprint density at radius 2 is 1.54 bits per heavy atom. The largest absolute Gasteiger partial charge is 0.494 e. The molecular formula is C28H38N2O4S. The van der Waals surface area contributed by atoms with E-state index in [-0.39, 0.29) is 17.9 Å². The lowest BCUT2D eigenvalue weighted by atomic mass is 9.95. The zero-order valence-corrected chi connectivity index (χ0v) is 22.5. The molecule has 2 fully saturated rings. The maximum Gasteiger partial charge on any atom is 0.243 e. The highest BCUT2D eigenvalue weighted by Gasteiger charge is 2.38. The van der Waals surface area contributed by atoms with Gasteiger partial charge in [0, 0.05) is 25.6 Å². The van der Waals surface area contributed by atoms with E-state index in [9.17, 15) is 13.2 Å². The molecule has 2 saturated heterocycles. The van der Waals surface area contributed by atoms with Gasteiger partial charge in [-0.3, -0.25) is 4.79 Å². The lowest BCUT2D eigenvalue weighted by Crippen LogP contribution is -2.44. The third-order valence-electron chi connectivity index (χ3n) is 7.81. The van der Waals surface area contributed by atoms with E-state index < -0.39 is 10.0 Å². The van der Waals surface area contributed by atoms with Crippen LogP contribution in [0.5, 0.6) is 5.75 Å². The predicted octanol–water partition coefficient (Wildman–Crippen LogP) is 5.08. The Hall–Kier alpha value is -2.38. The average molecular weight is 499 g/mol. The molecular weight excluding hydrogens is 460 g/mol. The van der Waals surface area contributed by atoms with Crippen molar-refractivity contribution < 1.29 is 17.9 Å². The van der Waals surface area contributed by atoms with Gasteiger partial charge in [-0.05, 0) is 100 Å². The van der Waals surface area contributed by atoms with Gasteiger partial charge in [-0.25, -0.2) is 8.42 Å². The minimum atomic E-state index is -3.60. The van der Waals surface area contributed by atoms with Crippen LogP contribution in [0.3, 0.4) is 0 Å². The Balaban J connectivity index is 1.45. The number of ether oxygens (including phenoxy) is 1. The topological polar surface area (TPSA) is 66.9 Å². The molecule has 1 atom stereocenters. The number of benzene rings is 2. The van der Waals surface area contributed by atoms with Gasteiger partial charge >= 0.3 is 0 Å². The van der Waals surface area contributed by atoms with E-state index in [1.165, 1.54) is 0 Å². The molecule has 1 unspecified atom stereocenters. The molecule has 190 valence electrons. The Kier molecular flexibility index (Phi) is 7.57. The summed E-state index contributed by atoms with van der Waals surface area (Å²) in [4.78, 5) is 16.0. The molecule has 7 heteroatoms. The zero-order chi connectivity index (χ0) is 25.3. The first-order chi connectivity index (χ1) is 16.6. The molecule has 2 aliphatic rings. The third-order valence-corrected chi connectivity index (χ3v) is 9.98. The van der Waals surface area contributed by atoms with Gasteiger partial charge in [0.25, 0.3) is 0 Å². The summed E-state index contributed by atoms with van der Waals surface area (Å²) < 4.78 is 34.3. The Labute approximate surface area is 210 Å². The van der Waals surface area contributed by atoms with Crippen molar-refractivity contribution in [2.24, 2.45) is 5.92 Å². The first-order valence-corrected chi connectivity index (χ1v) is 14.2. The second-order valence-corrected chi connectivity index (χ2v) is 11.8. The van der Waals surface area contributed by atoms with Gasteiger partial charge in [-0.15, -0.1) is 0 Å². The maximum atomic E-state index is 13.6. The molecule has 35 heavy (non-hydrogen) atoms. The summed E-state index contributed by atoms with van der Waals surface area (Å²) in [6.45, 7) is 11.8. The summed E-state index contributed by atoms with van der Waals surface area (Å²) in [5.74, 6) is 0.873. The summed E-state index contributed by atoms with van der Waals surface area (Å²) in [5.41, 5.74) is 4.76.